The van der Waals surface area contributed by atoms with Crippen molar-refractivity contribution in [2.75, 3.05) is 26.2 Å². The lowest BCUT2D eigenvalue weighted by molar-refractivity contribution is -0.190. The van der Waals surface area contributed by atoms with Gasteiger partial charge in [0.15, 0.2) is 0 Å². The van der Waals surface area contributed by atoms with Crippen molar-refractivity contribution in [3.05, 3.63) is 0 Å². The summed E-state index contributed by atoms with van der Waals surface area (Å²) in [5.74, 6) is 25.9. The first-order valence-corrected chi connectivity index (χ1v) is 28.9. The van der Waals surface area contributed by atoms with Crippen LogP contribution in [-0.4, -0.2) is 124 Å². The maximum absolute atomic E-state index is 12.9. The van der Waals surface area contributed by atoms with Gasteiger partial charge in [0.05, 0.1) is 19.4 Å². The zero-order valence-electron chi connectivity index (χ0n) is 39.9. The van der Waals surface area contributed by atoms with Gasteiger partial charge in [-0.25, -0.2) is 13.7 Å². The molecule has 0 bridgehead atoms. The van der Waals surface area contributed by atoms with E-state index >= 15 is 0 Å². The number of hydrogen-bond donors (Lipinski definition) is 11. The summed E-state index contributed by atoms with van der Waals surface area (Å²) in [6.07, 6.45) is 4.55. The number of carbonyl (C=O) groups is 2. The molecule has 27 heteroatoms. The van der Waals surface area contributed by atoms with Gasteiger partial charge in [-0.1, -0.05) is 90.9 Å². The molecule has 23 nitrogen and oxygen atoms in total. The standard InChI is InChI=1S/C27H56O21P4.C18H9NO.13H2/c1-2-3-4-5-6-7-8-9-10-11-12-13-14-15-22(29)45-20(16-43-19-28)17-44-52(41,42)48-27-23(30)25(46-50(35,36)37)21(18-49(32,33)34)26(24(27)31)47-51(38,39)40;1-3-5-6-7-8-9-10-11-12-13-14-15-17-19-18(20)16-4-2;;;;;;;;;;;;;/h20-21,23-28,30-31H,2-19H2,1H3,(H,41,42)(H2,32,33,34)(H2,35,36,37)(H2,38,39,40);1H,4,16H2,2H3,(H,19,20);13*1H/t20-,21?,23+,24?,25?,26-,27?;;;;;;;;;;;;;;/m1............../s1. The third-order valence-corrected chi connectivity index (χ3v) is 12.4. The first kappa shape index (κ1) is 68.2. The topological polar surface area (TPSA) is 372 Å². The molecule has 0 aromatic heterocycles. The fourth-order valence-corrected chi connectivity index (χ4v) is 9.54. The van der Waals surface area contributed by atoms with Gasteiger partial charge in [-0.3, -0.25) is 37.6 Å². The summed E-state index contributed by atoms with van der Waals surface area (Å²) in [4.78, 5) is 90.1. The molecular weight excluding hydrogens is 1030 g/mol. The average molecular weight is 1120 g/mol. The number of esters is 1. The Morgan fingerprint density at radius 2 is 1.04 bits per heavy atom. The van der Waals surface area contributed by atoms with Crippen molar-refractivity contribution in [3.8, 4) is 83.5 Å². The van der Waals surface area contributed by atoms with Crippen LogP contribution in [0.1, 0.15) is 135 Å². The predicted octanol–water partition coefficient (Wildman–Crippen LogP) is 6.05. The minimum absolute atomic E-state index is 0. The fraction of sp³-hybridized carbons (Fsp3) is 0.644. The Morgan fingerprint density at radius 3 is 1.46 bits per heavy atom. The third-order valence-electron chi connectivity index (χ3n) is 9.45. The lowest BCUT2D eigenvalue weighted by Gasteiger charge is -2.46. The number of nitrogens with one attached hydrogen (secondary N) is 1. The van der Waals surface area contributed by atoms with E-state index in [1.807, 2.05) is 6.92 Å². The summed E-state index contributed by atoms with van der Waals surface area (Å²) in [6.45, 7) is 1.79. The molecule has 0 spiro atoms. The molecule has 8 atom stereocenters. The number of unbranched alkanes of at least 4 members (excludes halogenated alkanes) is 12. The first-order chi connectivity index (χ1) is 33.9. The highest BCUT2D eigenvalue weighted by Crippen LogP contribution is 2.54. The van der Waals surface area contributed by atoms with Gasteiger partial charge >= 0.3 is 37.0 Å². The minimum atomic E-state index is -5.67. The molecule has 0 aromatic rings. The molecule has 0 heterocycles. The van der Waals surface area contributed by atoms with Crippen molar-refractivity contribution < 1.29 is 124 Å². The zero-order chi connectivity index (χ0) is 54.5. The number of hydrogen-bond acceptors (Lipinski definition) is 15. The zero-order valence-corrected chi connectivity index (χ0v) is 43.5. The van der Waals surface area contributed by atoms with Gasteiger partial charge in [0.1, 0.15) is 43.4 Å². The largest absolute Gasteiger partial charge is 0.472 e. The summed E-state index contributed by atoms with van der Waals surface area (Å²) in [7, 11) is -22.1. The molecule has 11 N–H and O–H groups in total. The van der Waals surface area contributed by atoms with Crippen LogP contribution in [-0.2, 0) is 55.4 Å². The lowest BCUT2D eigenvalue weighted by atomic mass is 9.79. The highest BCUT2D eigenvalue weighted by Gasteiger charge is 2.58. The van der Waals surface area contributed by atoms with Gasteiger partial charge in [0, 0.05) is 78.9 Å². The average Bonchev–Trinajstić information content (AvgIpc) is 3.28. The minimum Gasteiger partial charge on any atom is -0.457 e. The van der Waals surface area contributed by atoms with Gasteiger partial charge in [-0.2, -0.15) is 0 Å². The Labute approximate surface area is 440 Å². The van der Waals surface area contributed by atoms with Crippen molar-refractivity contribution in [2.45, 2.75) is 153 Å². The van der Waals surface area contributed by atoms with E-state index < -0.39 is 106 Å². The first-order valence-electron chi connectivity index (χ1n) is 22.6. The molecule has 0 radical (unpaired) electrons. The highest BCUT2D eigenvalue weighted by atomic mass is 31.2. The second-order valence-corrected chi connectivity index (χ2v) is 21.0. The maximum Gasteiger partial charge on any atom is 0.472 e. The number of ether oxygens (including phenoxy) is 2. The molecule has 1 aliphatic carbocycles. The van der Waals surface area contributed by atoms with Crippen LogP contribution in [0.15, 0.2) is 0 Å². The summed E-state index contributed by atoms with van der Waals surface area (Å²) in [6, 6.07) is 2.42. The van der Waals surface area contributed by atoms with Gasteiger partial charge in [0.2, 0.25) is 5.91 Å². The van der Waals surface area contributed by atoms with Crippen LogP contribution in [0.5, 0.6) is 0 Å². The normalized spacial score (nSPS) is 19.4. The Hall–Kier alpha value is -3.82. The molecule has 0 aliphatic heterocycles. The quantitative estimate of drug-likeness (QED) is 0.00940. The molecule has 0 saturated heterocycles. The van der Waals surface area contributed by atoms with E-state index in [1.165, 1.54) is 44.9 Å². The molecule has 1 rings (SSSR count). The third kappa shape index (κ3) is 37.0. The highest BCUT2D eigenvalue weighted by molar-refractivity contribution is 7.51. The molecule has 428 valence electrons. The maximum atomic E-state index is 12.9. The second-order valence-electron chi connectivity index (χ2n) is 15.5. The van der Waals surface area contributed by atoms with E-state index in [-0.39, 0.29) is 30.9 Å². The Balaban J connectivity index is -0.000000111. The van der Waals surface area contributed by atoms with E-state index in [2.05, 4.69) is 98.4 Å². The molecule has 72 heavy (non-hydrogen) atoms. The van der Waals surface area contributed by atoms with Crippen LogP contribution in [0.3, 0.4) is 0 Å². The summed E-state index contributed by atoms with van der Waals surface area (Å²) in [5, 5.41) is 33.0. The van der Waals surface area contributed by atoms with Crippen LogP contribution in [0.2, 0.25) is 0 Å². The number of rotatable bonds is 31. The van der Waals surface area contributed by atoms with E-state index in [1.54, 1.807) is 0 Å². The molecule has 0 aromatic carbocycles. The monoisotopic (exact) mass is 1120 g/mol. The summed E-state index contributed by atoms with van der Waals surface area (Å²) >= 11 is 0. The smallest absolute Gasteiger partial charge is 0.457 e. The van der Waals surface area contributed by atoms with E-state index in [9.17, 15) is 72.3 Å². The van der Waals surface area contributed by atoms with Crippen LogP contribution in [0, 0.1) is 89.4 Å². The molecule has 5 unspecified atom stereocenters. The SMILES string of the molecule is C#CC#CC#CC#CC#CC#CC#CNC(=O)CCC.CCCCCCCCCCCCCCCC(=O)O[C@H](COCO)COP(=O)(O)OC1C(O)[C@H](OP(=O)(O)O)C(CP(=O)(O)O)C(OP(=O)(O)O)[C@@H]1O.[HH].[HH].[HH].[HH].[HH].[HH].[HH].[HH].[HH].[HH].[HH].[HH].[HH]. The van der Waals surface area contributed by atoms with Gasteiger partial charge < -0.3 is 59.0 Å². The van der Waals surface area contributed by atoms with E-state index in [4.69, 9.17) is 30.1 Å². The van der Waals surface area contributed by atoms with Crippen molar-refractivity contribution in [1.82, 2.24) is 5.32 Å². The van der Waals surface area contributed by atoms with Crippen molar-refractivity contribution in [1.29, 1.82) is 0 Å². The number of aliphatic hydroxyl groups is 3. The predicted molar refractivity (Wildman–Crippen MR) is 286 cm³/mol. The Bertz CT molecular complexity index is 2300. The Kier molecular flexibility index (Phi) is 36.7. The van der Waals surface area contributed by atoms with Crippen LogP contribution >= 0.6 is 31.1 Å². The lowest BCUT2D eigenvalue weighted by Crippen LogP contribution is -2.63. The van der Waals surface area contributed by atoms with Crippen molar-refractivity contribution in [2.24, 2.45) is 5.92 Å². The molecule has 1 aliphatic rings. The second kappa shape index (κ2) is 38.7. The molecule has 1 fully saturated rings. The Morgan fingerprint density at radius 1 is 0.597 bits per heavy atom. The van der Waals surface area contributed by atoms with Gasteiger partial charge in [0.25, 0.3) is 0 Å². The van der Waals surface area contributed by atoms with Crippen molar-refractivity contribution >= 4 is 42.9 Å². The van der Waals surface area contributed by atoms with Crippen molar-refractivity contribution in [3.63, 3.8) is 0 Å². The van der Waals surface area contributed by atoms with Gasteiger partial charge in [-0.15, -0.1) is 6.42 Å². The van der Waals surface area contributed by atoms with E-state index in [0.29, 0.717) is 12.8 Å². The number of terminal acetylenes is 1. The summed E-state index contributed by atoms with van der Waals surface area (Å²) in [5.41, 5.74) is 0. The van der Waals surface area contributed by atoms with Gasteiger partial charge in [-0.05, 0) is 48.4 Å². The van der Waals surface area contributed by atoms with E-state index in [0.717, 1.165) is 38.5 Å². The van der Waals surface area contributed by atoms with Crippen LogP contribution in [0.4, 0.5) is 0 Å². The number of amides is 1. The van der Waals surface area contributed by atoms with Crippen LogP contribution < -0.4 is 5.32 Å². The molecule has 1 saturated carbocycles. The summed E-state index contributed by atoms with van der Waals surface area (Å²) < 4.78 is 76.3. The number of phosphoric ester groups is 3. The number of phosphoric acid groups is 3. The fourth-order valence-electron chi connectivity index (χ4n) is 6.41. The molecular formula is C45H91NO22P4. The molecule has 1 amide bonds. The number of carbonyl (C=O) groups excluding carboxylic acids is 2. The van der Waals surface area contributed by atoms with Crippen LogP contribution in [0.25, 0.3) is 0 Å². The number of aliphatic hydroxyl groups excluding tert-OH is 3.